The first-order valence-electron chi connectivity index (χ1n) is 10.2. The molecule has 162 valence electrons. The van der Waals surface area contributed by atoms with Crippen molar-refractivity contribution >= 4 is 17.4 Å². The lowest BCUT2D eigenvalue weighted by atomic mass is 10.0. The highest BCUT2D eigenvalue weighted by Gasteiger charge is 2.30. The van der Waals surface area contributed by atoms with Gasteiger partial charge in [0, 0.05) is 42.9 Å². The van der Waals surface area contributed by atoms with E-state index in [0.717, 1.165) is 5.69 Å². The molecule has 8 nitrogen and oxygen atoms in total. The molecule has 3 aromatic rings. The Morgan fingerprint density at radius 2 is 2.09 bits per heavy atom. The summed E-state index contributed by atoms with van der Waals surface area (Å²) in [5.41, 5.74) is 8.20. The maximum atomic E-state index is 15.1. The van der Waals surface area contributed by atoms with Gasteiger partial charge in [0.05, 0.1) is 29.4 Å². The van der Waals surface area contributed by atoms with Crippen LogP contribution in [0.25, 0.3) is 0 Å². The zero-order chi connectivity index (χ0) is 22.5. The average Bonchev–Trinajstić information content (AvgIpc) is 2.81. The maximum absolute atomic E-state index is 15.1. The van der Waals surface area contributed by atoms with Gasteiger partial charge in [0.25, 0.3) is 5.91 Å². The number of aromatic nitrogens is 3. The van der Waals surface area contributed by atoms with Crippen LogP contribution in [0.1, 0.15) is 33.7 Å². The van der Waals surface area contributed by atoms with Crippen LogP contribution in [0.5, 0.6) is 0 Å². The fourth-order valence-corrected chi connectivity index (χ4v) is 3.71. The van der Waals surface area contributed by atoms with Crippen LogP contribution in [0.2, 0.25) is 0 Å². The van der Waals surface area contributed by atoms with Gasteiger partial charge in [-0.1, -0.05) is 6.07 Å². The van der Waals surface area contributed by atoms with E-state index in [2.05, 4.69) is 20.3 Å². The lowest BCUT2D eigenvalue weighted by Crippen LogP contribution is -2.48. The van der Waals surface area contributed by atoms with Gasteiger partial charge in [-0.05, 0) is 36.8 Å². The van der Waals surface area contributed by atoms with Gasteiger partial charge in [-0.25, -0.2) is 9.37 Å². The van der Waals surface area contributed by atoms with Crippen LogP contribution in [-0.4, -0.2) is 46.2 Å². The molecule has 0 aromatic carbocycles. The minimum absolute atomic E-state index is 0.147. The van der Waals surface area contributed by atoms with Crippen LogP contribution in [0, 0.1) is 11.3 Å². The Kier molecular flexibility index (Phi) is 6.22. The van der Waals surface area contributed by atoms with E-state index in [4.69, 9.17) is 11.0 Å². The number of hydrogen-bond donors (Lipinski definition) is 2. The van der Waals surface area contributed by atoms with Crippen molar-refractivity contribution in [3.05, 3.63) is 77.5 Å². The molecule has 0 spiro atoms. The number of nitriles is 1. The van der Waals surface area contributed by atoms with Crippen molar-refractivity contribution in [2.45, 2.75) is 25.1 Å². The highest BCUT2D eigenvalue weighted by Crippen LogP contribution is 2.25. The van der Waals surface area contributed by atoms with E-state index in [-0.39, 0.29) is 12.1 Å². The number of piperidine rings is 1. The molecule has 0 bridgehead atoms. The third-order valence-electron chi connectivity index (χ3n) is 5.40. The summed E-state index contributed by atoms with van der Waals surface area (Å²) < 4.78 is 15.1. The van der Waals surface area contributed by atoms with Crippen molar-refractivity contribution in [2.75, 3.05) is 23.3 Å². The molecule has 0 radical (unpaired) electrons. The normalized spacial score (nSPS) is 18.1. The molecule has 3 N–H and O–H groups in total. The van der Waals surface area contributed by atoms with E-state index in [9.17, 15) is 4.79 Å². The summed E-state index contributed by atoms with van der Waals surface area (Å²) in [7, 11) is 0. The smallest absolute Gasteiger partial charge is 0.252 e. The first-order valence-corrected chi connectivity index (χ1v) is 10.2. The number of pyridine rings is 3. The van der Waals surface area contributed by atoms with Gasteiger partial charge in [-0.3, -0.25) is 14.8 Å². The van der Waals surface area contributed by atoms with E-state index in [1.165, 1.54) is 12.4 Å². The van der Waals surface area contributed by atoms with Crippen molar-refractivity contribution in [2.24, 2.45) is 5.73 Å². The van der Waals surface area contributed by atoms with Crippen molar-refractivity contribution < 1.29 is 9.18 Å². The predicted octanol–water partition coefficient (Wildman–Crippen LogP) is 2.46. The monoisotopic (exact) mass is 431 g/mol. The molecule has 4 rings (SSSR count). The molecular weight excluding hydrogens is 409 g/mol. The largest absolute Gasteiger partial charge is 0.378 e. The van der Waals surface area contributed by atoms with Gasteiger partial charge in [0.1, 0.15) is 18.1 Å². The number of nitrogens with zero attached hydrogens (tertiary/aromatic N) is 5. The molecule has 1 aliphatic heterocycles. The van der Waals surface area contributed by atoms with Crippen molar-refractivity contribution in [3.63, 3.8) is 0 Å². The molecule has 1 saturated heterocycles. The van der Waals surface area contributed by atoms with Gasteiger partial charge < -0.3 is 16.0 Å². The Morgan fingerprint density at radius 1 is 1.22 bits per heavy atom. The topological polar surface area (TPSA) is 121 Å². The number of nitrogens with one attached hydrogen (secondary N) is 1. The van der Waals surface area contributed by atoms with Crippen LogP contribution >= 0.6 is 0 Å². The lowest BCUT2D eigenvalue weighted by Gasteiger charge is -2.36. The van der Waals surface area contributed by atoms with Crippen molar-refractivity contribution in [3.8, 4) is 6.07 Å². The number of alkyl halides is 1. The molecule has 0 aliphatic carbocycles. The third kappa shape index (κ3) is 4.81. The Labute approximate surface area is 184 Å². The number of rotatable bonds is 6. The lowest BCUT2D eigenvalue weighted by molar-refractivity contribution is 0.100. The fraction of sp³-hybridized carbons (Fsp3) is 0.261. The summed E-state index contributed by atoms with van der Waals surface area (Å²) >= 11 is 0. The van der Waals surface area contributed by atoms with Gasteiger partial charge in [0.2, 0.25) is 0 Å². The molecule has 1 aliphatic rings. The molecular formula is C23H22FN7O. The SMILES string of the molecule is N#Cc1ccc(N2CC[C@H](Nc3cc(Cc4ccccn4)ncc3C(N)=O)[C@H](F)C2)nc1. The first-order chi connectivity index (χ1) is 15.5. The number of anilines is 2. The Balaban J connectivity index is 1.48. The van der Waals surface area contributed by atoms with Crippen LogP contribution < -0.4 is 16.0 Å². The molecule has 4 heterocycles. The number of halogens is 1. The highest BCUT2D eigenvalue weighted by atomic mass is 19.1. The van der Waals surface area contributed by atoms with Crippen molar-refractivity contribution in [1.82, 2.24) is 15.0 Å². The number of amides is 1. The summed E-state index contributed by atoms with van der Waals surface area (Å²) in [4.78, 5) is 26.6. The third-order valence-corrected chi connectivity index (χ3v) is 5.40. The Bertz CT molecular complexity index is 1130. The number of carbonyl (C=O) groups excluding carboxylic acids is 1. The first kappa shape index (κ1) is 21.2. The predicted molar refractivity (Wildman–Crippen MR) is 118 cm³/mol. The molecule has 0 saturated carbocycles. The zero-order valence-electron chi connectivity index (χ0n) is 17.3. The molecule has 1 amide bonds. The number of carbonyl (C=O) groups is 1. The number of hydrogen-bond acceptors (Lipinski definition) is 7. The van der Waals surface area contributed by atoms with Crippen LogP contribution in [-0.2, 0) is 6.42 Å². The van der Waals surface area contributed by atoms with E-state index in [1.54, 1.807) is 24.4 Å². The van der Waals surface area contributed by atoms with Crippen LogP contribution in [0.15, 0.2) is 55.0 Å². The second-order valence-corrected chi connectivity index (χ2v) is 7.60. The highest BCUT2D eigenvalue weighted by molar-refractivity contribution is 5.98. The second-order valence-electron chi connectivity index (χ2n) is 7.60. The molecule has 32 heavy (non-hydrogen) atoms. The molecule has 0 unspecified atom stereocenters. The van der Waals surface area contributed by atoms with Crippen LogP contribution in [0.4, 0.5) is 15.9 Å². The standard InChI is InChI=1S/C23H22FN7O/c24-19-14-31(22-5-4-15(11-25)12-29-22)8-6-20(19)30-21-10-17(28-13-18(21)23(26)32)9-16-3-1-2-7-27-16/h1-5,7,10,12-13,19-20H,6,8-9,14H2,(H2,26,32)(H,28,30)/t19-,20+/m1/s1. The van der Waals surface area contributed by atoms with Gasteiger partial charge >= 0.3 is 0 Å². The Hall–Kier alpha value is -4.06. The molecule has 1 fully saturated rings. The Morgan fingerprint density at radius 3 is 2.75 bits per heavy atom. The summed E-state index contributed by atoms with van der Waals surface area (Å²) in [5.74, 6) is 0.00324. The second kappa shape index (κ2) is 9.39. The van der Waals surface area contributed by atoms with Crippen molar-refractivity contribution in [1.29, 1.82) is 5.26 Å². The van der Waals surface area contributed by atoms with Gasteiger partial charge in [-0.15, -0.1) is 0 Å². The fourth-order valence-electron chi connectivity index (χ4n) is 3.71. The quantitative estimate of drug-likeness (QED) is 0.615. The van der Waals surface area contributed by atoms with Crippen LogP contribution in [0.3, 0.4) is 0 Å². The number of nitrogens with two attached hydrogens (primary N) is 1. The van der Waals surface area contributed by atoms with E-state index in [1.807, 2.05) is 29.2 Å². The molecule has 9 heteroatoms. The molecule has 2 atom stereocenters. The minimum atomic E-state index is -1.20. The average molecular weight is 431 g/mol. The number of primary amides is 1. The van der Waals surface area contributed by atoms with Gasteiger partial charge in [-0.2, -0.15) is 5.26 Å². The van der Waals surface area contributed by atoms with Gasteiger partial charge in [0.15, 0.2) is 0 Å². The minimum Gasteiger partial charge on any atom is -0.378 e. The zero-order valence-corrected chi connectivity index (χ0v) is 17.3. The maximum Gasteiger partial charge on any atom is 0.252 e. The van der Waals surface area contributed by atoms with E-state index < -0.39 is 18.1 Å². The summed E-state index contributed by atoms with van der Waals surface area (Å²) in [5, 5.41) is 12.1. The molecule has 3 aromatic heterocycles. The van der Waals surface area contributed by atoms with E-state index in [0.29, 0.717) is 42.1 Å². The summed E-state index contributed by atoms with van der Waals surface area (Å²) in [6.07, 6.45) is 4.39. The van der Waals surface area contributed by atoms with E-state index >= 15 is 4.39 Å². The summed E-state index contributed by atoms with van der Waals surface area (Å²) in [6, 6.07) is 12.3. The summed E-state index contributed by atoms with van der Waals surface area (Å²) in [6.45, 7) is 0.725.